The predicted octanol–water partition coefficient (Wildman–Crippen LogP) is 3.85. The number of nitrogens with zero attached hydrogens (tertiary/aromatic N) is 3. The Balaban J connectivity index is 1.64. The van der Waals surface area contributed by atoms with E-state index in [-0.39, 0.29) is 12.0 Å². The zero-order valence-corrected chi connectivity index (χ0v) is 17.3. The lowest BCUT2D eigenvalue weighted by molar-refractivity contribution is -0.137. The third-order valence-corrected chi connectivity index (χ3v) is 5.51. The average Bonchev–Trinajstić information content (AvgIpc) is 2.74. The van der Waals surface area contributed by atoms with E-state index in [1.807, 2.05) is 25.2 Å². The number of likely N-dealkylation sites (tertiary alicyclic amines) is 1. The maximum Gasteiger partial charge on any atom is 0.416 e. The van der Waals surface area contributed by atoms with Crippen molar-refractivity contribution in [3.63, 3.8) is 0 Å². The van der Waals surface area contributed by atoms with Crippen LogP contribution in [-0.2, 0) is 12.7 Å². The zero-order valence-electron chi connectivity index (χ0n) is 17.3. The van der Waals surface area contributed by atoms with E-state index in [0.29, 0.717) is 19.0 Å². The molecule has 2 N–H and O–H groups in total. The molecule has 0 aliphatic carbocycles. The number of benzene rings is 1. The molecule has 30 heavy (non-hydrogen) atoms. The molecule has 2 heterocycles. The fourth-order valence-electron chi connectivity index (χ4n) is 3.99. The molecule has 1 aliphatic heterocycles. The van der Waals surface area contributed by atoms with Crippen LogP contribution in [0.25, 0.3) is 0 Å². The molecule has 1 aliphatic rings. The highest BCUT2D eigenvalue weighted by molar-refractivity contribution is 5.79. The molecule has 0 amide bonds. The van der Waals surface area contributed by atoms with Gasteiger partial charge in [0.15, 0.2) is 5.96 Å². The Hall–Kier alpha value is -2.61. The number of aliphatic imine (C=N–C) groups is 1. The SMILES string of the molecule is CN=C(NCc1ccccn1)NCC1CCCN(C)C1c1ccc(C(F)(F)F)cc1. The van der Waals surface area contributed by atoms with Crippen LogP contribution in [0.15, 0.2) is 53.7 Å². The Labute approximate surface area is 175 Å². The molecule has 2 unspecified atom stereocenters. The molecule has 0 radical (unpaired) electrons. The summed E-state index contributed by atoms with van der Waals surface area (Å²) in [4.78, 5) is 10.8. The highest BCUT2D eigenvalue weighted by atomic mass is 19.4. The molecule has 1 aromatic carbocycles. The second kappa shape index (κ2) is 9.93. The number of aromatic nitrogens is 1. The van der Waals surface area contributed by atoms with Crippen molar-refractivity contribution in [2.24, 2.45) is 10.9 Å². The van der Waals surface area contributed by atoms with Gasteiger partial charge in [-0.3, -0.25) is 14.9 Å². The van der Waals surface area contributed by atoms with Gasteiger partial charge >= 0.3 is 6.18 Å². The van der Waals surface area contributed by atoms with Crippen molar-refractivity contribution in [1.29, 1.82) is 0 Å². The van der Waals surface area contributed by atoms with Crippen LogP contribution in [0.2, 0.25) is 0 Å². The molecule has 3 rings (SSSR count). The Morgan fingerprint density at radius 2 is 1.93 bits per heavy atom. The van der Waals surface area contributed by atoms with Crippen LogP contribution in [-0.4, -0.2) is 43.0 Å². The van der Waals surface area contributed by atoms with Crippen LogP contribution in [0.5, 0.6) is 0 Å². The largest absolute Gasteiger partial charge is 0.416 e. The Morgan fingerprint density at radius 3 is 2.57 bits per heavy atom. The van der Waals surface area contributed by atoms with Gasteiger partial charge < -0.3 is 10.6 Å². The van der Waals surface area contributed by atoms with Crippen molar-refractivity contribution < 1.29 is 13.2 Å². The third-order valence-electron chi connectivity index (χ3n) is 5.51. The van der Waals surface area contributed by atoms with Gasteiger partial charge in [-0.2, -0.15) is 13.2 Å². The molecule has 8 heteroatoms. The number of hydrogen-bond donors (Lipinski definition) is 2. The van der Waals surface area contributed by atoms with Crippen molar-refractivity contribution in [1.82, 2.24) is 20.5 Å². The number of hydrogen-bond acceptors (Lipinski definition) is 3. The van der Waals surface area contributed by atoms with E-state index in [0.717, 1.165) is 30.6 Å². The van der Waals surface area contributed by atoms with Crippen LogP contribution < -0.4 is 10.6 Å². The van der Waals surface area contributed by atoms with Gasteiger partial charge in [-0.25, -0.2) is 0 Å². The Morgan fingerprint density at radius 1 is 1.17 bits per heavy atom. The summed E-state index contributed by atoms with van der Waals surface area (Å²) in [6, 6.07) is 11.4. The van der Waals surface area contributed by atoms with Gasteiger partial charge in [0.2, 0.25) is 0 Å². The van der Waals surface area contributed by atoms with Gasteiger partial charge in [-0.05, 0) is 62.2 Å². The van der Waals surface area contributed by atoms with Gasteiger partial charge in [0.25, 0.3) is 0 Å². The summed E-state index contributed by atoms with van der Waals surface area (Å²) in [6.45, 7) is 2.17. The first-order valence-electron chi connectivity index (χ1n) is 10.1. The van der Waals surface area contributed by atoms with E-state index in [1.165, 1.54) is 12.1 Å². The quantitative estimate of drug-likeness (QED) is 0.571. The second-order valence-electron chi connectivity index (χ2n) is 7.58. The number of piperidine rings is 1. The fourth-order valence-corrected chi connectivity index (χ4v) is 3.99. The van der Waals surface area contributed by atoms with Gasteiger partial charge in [0, 0.05) is 25.8 Å². The van der Waals surface area contributed by atoms with E-state index in [1.54, 1.807) is 25.4 Å². The first kappa shape index (κ1) is 22.1. The average molecular weight is 419 g/mol. The molecule has 2 aromatic rings. The van der Waals surface area contributed by atoms with Crippen molar-refractivity contribution >= 4 is 5.96 Å². The molecule has 0 spiro atoms. The first-order valence-corrected chi connectivity index (χ1v) is 10.1. The van der Waals surface area contributed by atoms with E-state index >= 15 is 0 Å². The fraction of sp³-hybridized carbons (Fsp3) is 0.455. The first-order chi connectivity index (χ1) is 14.4. The number of alkyl halides is 3. The van der Waals surface area contributed by atoms with E-state index in [4.69, 9.17) is 0 Å². The normalized spacial score (nSPS) is 20.8. The lowest BCUT2D eigenvalue weighted by Gasteiger charge is -2.40. The van der Waals surface area contributed by atoms with Crippen LogP contribution in [0.1, 0.15) is 35.7 Å². The maximum absolute atomic E-state index is 12.9. The summed E-state index contributed by atoms with van der Waals surface area (Å²) in [7, 11) is 3.75. The molecular formula is C22H28F3N5. The van der Waals surface area contributed by atoms with Gasteiger partial charge in [-0.1, -0.05) is 18.2 Å². The molecule has 1 fully saturated rings. The number of pyridine rings is 1. The third kappa shape index (κ3) is 5.72. The topological polar surface area (TPSA) is 52.6 Å². The molecule has 162 valence electrons. The number of guanidine groups is 1. The van der Waals surface area contributed by atoms with E-state index in [2.05, 4.69) is 25.5 Å². The van der Waals surface area contributed by atoms with Crippen LogP contribution in [0.4, 0.5) is 13.2 Å². The minimum atomic E-state index is -4.32. The Bertz CT molecular complexity index is 821. The van der Waals surface area contributed by atoms with Gasteiger partial charge in [0.05, 0.1) is 17.8 Å². The molecular weight excluding hydrogens is 391 g/mol. The van der Waals surface area contributed by atoms with Crippen molar-refractivity contribution in [2.45, 2.75) is 31.6 Å². The van der Waals surface area contributed by atoms with E-state index in [9.17, 15) is 13.2 Å². The summed E-state index contributed by atoms with van der Waals surface area (Å²) in [5, 5.41) is 6.62. The summed E-state index contributed by atoms with van der Waals surface area (Å²) in [5.74, 6) is 0.939. The molecule has 2 atom stereocenters. The predicted molar refractivity (Wildman–Crippen MR) is 112 cm³/mol. The van der Waals surface area contributed by atoms with Gasteiger partial charge in [0.1, 0.15) is 0 Å². The maximum atomic E-state index is 12.9. The highest BCUT2D eigenvalue weighted by Gasteiger charge is 2.33. The minimum Gasteiger partial charge on any atom is -0.356 e. The summed E-state index contributed by atoms with van der Waals surface area (Å²) < 4.78 is 38.7. The molecule has 1 saturated heterocycles. The summed E-state index contributed by atoms with van der Waals surface area (Å²) in [6.07, 6.45) is -0.510. The number of nitrogens with one attached hydrogen (secondary N) is 2. The van der Waals surface area contributed by atoms with Gasteiger partial charge in [-0.15, -0.1) is 0 Å². The summed E-state index contributed by atoms with van der Waals surface area (Å²) >= 11 is 0. The lowest BCUT2D eigenvalue weighted by Crippen LogP contribution is -2.44. The van der Waals surface area contributed by atoms with Crippen molar-refractivity contribution in [3.8, 4) is 0 Å². The van der Waals surface area contributed by atoms with Crippen LogP contribution in [0, 0.1) is 5.92 Å². The number of halogens is 3. The van der Waals surface area contributed by atoms with E-state index < -0.39 is 11.7 Å². The zero-order chi connectivity index (χ0) is 21.6. The minimum absolute atomic E-state index is 0.0578. The summed E-state index contributed by atoms with van der Waals surface area (Å²) in [5.41, 5.74) is 1.22. The number of rotatable bonds is 5. The van der Waals surface area contributed by atoms with Crippen LogP contribution >= 0.6 is 0 Å². The molecule has 5 nitrogen and oxygen atoms in total. The van der Waals surface area contributed by atoms with Crippen molar-refractivity contribution in [2.75, 3.05) is 27.2 Å². The van der Waals surface area contributed by atoms with Crippen LogP contribution in [0.3, 0.4) is 0 Å². The second-order valence-corrected chi connectivity index (χ2v) is 7.58. The lowest BCUT2D eigenvalue weighted by atomic mass is 9.84. The molecule has 0 bridgehead atoms. The molecule has 0 saturated carbocycles. The molecule has 1 aromatic heterocycles. The smallest absolute Gasteiger partial charge is 0.356 e. The standard InChI is InChI=1S/C22H28F3N5/c1-26-21(29-15-19-7-3-4-12-27-19)28-14-17-6-5-13-30(2)20(17)16-8-10-18(11-9-16)22(23,24)25/h3-4,7-12,17,20H,5-6,13-15H2,1-2H3,(H2,26,28,29). The Kier molecular flexibility index (Phi) is 7.31. The highest BCUT2D eigenvalue weighted by Crippen LogP contribution is 2.36. The van der Waals surface area contributed by atoms with Crippen molar-refractivity contribution in [3.05, 3.63) is 65.5 Å². The monoisotopic (exact) mass is 419 g/mol.